The van der Waals surface area contributed by atoms with Crippen molar-refractivity contribution in [2.75, 3.05) is 6.26 Å². The number of benzene rings is 1. The number of imidazole rings is 1. The van der Waals surface area contributed by atoms with E-state index in [1.807, 2.05) is 0 Å². The molecule has 1 heterocycles. The van der Waals surface area contributed by atoms with Crippen LogP contribution in [-0.2, 0) is 10.0 Å². The lowest BCUT2D eigenvalue weighted by Gasteiger charge is -2.11. The SMILES string of the molecule is CSc1cccc(Cl)c1S(=O)(=O)NC(=O)c1nc(Cl)n(C2CC2C(F)(F)F)c1Cl. The fraction of sp³-hybridized carbons (Fsp3) is 0.333. The van der Waals surface area contributed by atoms with Crippen molar-refractivity contribution in [2.24, 2.45) is 5.92 Å². The summed E-state index contributed by atoms with van der Waals surface area (Å²) in [6.45, 7) is 0. The first-order chi connectivity index (χ1) is 13.4. The van der Waals surface area contributed by atoms with Gasteiger partial charge in [-0.15, -0.1) is 11.8 Å². The van der Waals surface area contributed by atoms with E-state index in [1.54, 1.807) is 17.0 Å². The zero-order valence-corrected chi connectivity index (χ0v) is 18.2. The molecule has 1 aliphatic rings. The molecule has 1 amide bonds. The molecule has 0 spiro atoms. The van der Waals surface area contributed by atoms with E-state index in [0.29, 0.717) is 4.90 Å². The summed E-state index contributed by atoms with van der Waals surface area (Å²) in [6, 6.07) is 3.27. The smallest absolute Gasteiger partial charge is 0.301 e. The van der Waals surface area contributed by atoms with Crippen LogP contribution in [0.25, 0.3) is 0 Å². The maximum atomic E-state index is 12.8. The van der Waals surface area contributed by atoms with Crippen LogP contribution in [0.2, 0.25) is 15.5 Å². The summed E-state index contributed by atoms with van der Waals surface area (Å²) in [7, 11) is -4.42. The Balaban J connectivity index is 1.91. The minimum Gasteiger partial charge on any atom is -0.301 e. The standard InChI is InChI=1S/C15H11Cl3F3N3O3S2/c1-28-9-4-2-3-7(16)11(9)29(26,27)23-13(25)10-12(17)24(14(18)22-10)8-5-6(8)15(19,20)21/h2-4,6,8H,5H2,1H3,(H,23,25). The normalized spacial score (nSPS) is 19.3. The molecule has 1 N–H and O–H groups in total. The van der Waals surface area contributed by atoms with Crippen molar-refractivity contribution in [1.29, 1.82) is 0 Å². The zero-order valence-electron chi connectivity index (χ0n) is 14.3. The van der Waals surface area contributed by atoms with Gasteiger partial charge in [-0.3, -0.25) is 4.79 Å². The molecule has 2 aromatic rings. The predicted octanol–water partition coefficient (Wildman–Crippen LogP) is 4.81. The lowest BCUT2D eigenvalue weighted by molar-refractivity contribution is -0.150. The number of rotatable bonds is 5. The Hall–Kier alpha value is -1.14. The molecule has 158 valence electrons. The van der Waals surface area contributed by atoms with Gasteiger partial charge in [0, 0.05) is 10.9 Å². The van der Waals surface area contributed by atoms with E-state index in [0.717, 1.165) is 16.3 Å². The highest BCUT2D eigenvalue weighted by atomic mass is 35.5. The molecule has 0 saturated heterocycles. The van der Waals surface area contributed by atoms with Crippen molar-refractivity contribution in [2.45, 2.75) is 28.4 Å². The number of nitrogens with one attached hydrogen (secondary N) is 1. The molecule has 1 aliphatic carbocycles. The van der Waals surface area contributed by atoms with E-state index in [9.17, 15) is 26.4 Å². The molecule has 2 unspecified atom stereocenters. The molecule has 0 bridgehead atoms. The Morgan fingerprint density at radius 3 is 2.52 bits per heavy atom. The first-order valence-corrected chi connectivity index (χ1v) is 11.6. The third kappa shape index (κ3) is 4.34. The van der Waals surface area contributed by atoms with Gasteiger partial charge in [-0.2, -0.15) is 13.2 Å². The Labute approximate surface area is 182 Å². The number of aromatic nitrogens is 2. The van der Waals surface area contributed by atoms with Crippen LogP contribution in [0.15, 0.2) is 28.0 Å². The summed E-state index contributed by atoms with van der Waals surface area (Å²) in [5.74, 6) is -2.91. The van der Waals surface area contributed by atoms with Gasteiger partial charge in [-0.25, -0.2) is 18.1 Å². The second kappa shape index (κ2) is 7.84. The number of amides is 1. The second-order valence-corrected chi connectivity index (χ2v) is 9.62. The first-order valence-electron chi connectivity index (χ1n) is 7.78. The fourth-order valence-corrected chi connectivity index (χ4v) is 6.16. The monoisotopic (exact) mass is 507 g/mol. The van der Waals surface area contributed by atoms with Crippen molar-refractivity contribution in [3.8, 4) is 0 Å². The van der Waals surface area contributed by atoms with E-state index < -0.39 is 50.2 Å². The molecule has 6 nitrogen and oxygen atoms in total. The number of hydrogen-bond acceptors (Lipinski definition) is 5. The number of carbonyl (C=O) groups excluding carboxylic acids is 1. The number of carbonyl (C=O) groups is 1. The van der Waals surface area contributed by atoms with Crippen LogP contribution in [0.5, 0.6) is 0 Å². The van der Waals surface area contributed by atoms with Gasteiger partial charge in [0.2, 0.25) is 5.28 Å². The molecule has 2 atom stereocenters. The average molecular weight is 509 g/mol. The maximum Gasteiger partial charge on any atom is 0.393 e. The summed E-state index contributed by atoms with van der Waals surface area (Å²) in [4.78, 5) is 16.1. The average Bonchev–Trinajstić information content (AvgIpc) is 3.33. The van der Waals surface area contributed by atoms with Crippen LogP contribution in [-0.4, -0.2) is 36.3 Å². The molecule has 1 aromatic heterocycles. The van der Waals surface area contributed by atoms with Gasteiger partial charge in [0.05, 0.1) is 10.9 Å². The van der Waals surface area contributed by atoms with E-state index >= 15 is 0 Å². The van der Waals surface area contributed by atoms with Gasteiger partial charge in [0.15, 0.2) is 5.69 Å². The number of sulfonamides is 1. The highest BCUT2D eigenvalue weighted by Crippen LogP contribution is 2.55. The van der Waals surface area contributed by atoms with Crippen LogP contribution >= 0.6 is 46.6 Å². The van der Waals surface area contributed by atoms with E-state index in [1.165, 1.54) is 12.1 Å². The lowest BCUT2D eigenvalue weighted by atomic mass is 10.4. The van der Waals surface area contributed by atoms with E-state index in [-0.39, 0.29) is 16.3 Å². The van der Waals surface area contributed by atoms with Crippen molar-refractivity contribution in [3.63, 3.8) is 0 Å². The topological polar surface area (TPSA) is 81.1 Å². The molecule has 1 aromatic carbocycles. The van der Waals surface area contributed by atoms with Crippen LogP contribution in [0.1, 0.15) is 23.0 Å². The quantitative estimate of drug-likeness (QED) is 0.587. The second-order valence-electron chi connectivity index (χ2n) is 6.05. The molecule has 0 aliphatic heterocycles. The highest BCUT2D eigenvalue weighted by molar-refractivity contribution is 7.99. The number of thioether (sulfide) groups is 1. The molecule has 29 heavy (non-hydrogen) atoms. The third-order valence-corrected chi connectivity index (χ3v) is 7.58. The zero-order chi connectivity index (χ0) is 21.7. The Bertz CT molecular complexity index is 1090. The predicted molar refractivity (Wildman–Crippen MR) is 103 cm³/mol. The van der Waals surface area contributed by atoms with Crippen LogP contribution in [0.3, 0.4) is 0 Å². The molecule has 0 radical (unpaired) electrons. The number of halogens is 6. The number of hydrogen-bond donors (Lipinski definition) is 1. The molecule has 3 rings (SSSR count). The molecule has 1 saturated carbocycles. The van der Waals surface area contributed by atoms with Gasteiger partial charge in [0.25, 0.3) is 15.9 Å². The van der Waals surface area contributed by atoms with Crippen LogP contribution in [0.4, 0.5) is 13.2 Å². The Kier molecular flexibility index (Phi) is 6.10. The minimum atomic E-state index is -4.45. The molecular weight excluding hydrogens is 498 g/mol. The largest absolute Gasteiger partial charge is 0.393 e. The Morgan fingerprint density at radius 2 is 1.97 bits per heavy atom. The Morgan fingerprint density at radius 1 is 1.31 bits per heavy atom. The van der Waals surface area contributed by atoms with E-state index in [4.69, 9.17) is 34.8 Å². The van der Waals surface area contributed by atoms with Crippen LogP contribution in [0, 0.1) is 5.92 Å². The highest BCUT2D eigenvalue weighted by Gasteiger charge is 2.58. The summed E-state index contributed by atoms with van der Waals surface area (Å²) in [6.07, 6.45) is -3.10. The fourth-order valence-electron chi connectivity index (χ4n) is 2.76. The summed E-state index contributed by atoms with van der Waals surface area (Å²) >= 11 is 18.9. The molecule has 1 fully saturated rings. The maximum absolute atomic E-state index is 12.8. The van der Waals surface area contributed by atoms with Crippen molar-refractivity contribution in [3.05, 3.63) is 39.4 Å². The van der Waals surface area contributed by atoms with Crippen molar-refractivity contribution in [1.82, 2.24) is 14.3 Å². The number of alkyl halides is 3. The minimum absolute atomic E-state index is 0.113. The molecular formula is C15H11Cl3F3N3O3S2. The van der Waals surface area contributed by atoms with Gasteiger partial charge in [-0.1, -0.05) is 29.3 Å². The lowest BCUT2D eigenvalue weighted by Crippen LogP contribution is -2.31. The van der Waals surface area contributed by atoms with Gasteiger partial charge < -0.3 is 4.57 Å². The van der Waals surface area contributed by atoms with Gasteiger partial charge in [0.1, 0.15) is 10.0 Å². The summed E-state index contributed by atoms with van der Waals surface area (Å²) in [5, 5.41) is -1.04. The van der Waals surface area contributed by atoms with Gasteiger partial charge >= 0.3 is 6.18 Å². The van der Waals surface area contributed by atoms with Gasteiger partial charge in [-0.05, 0) is 36.4 Å². The van der Waals surface area contributed by atoms with Crippen molar-refractivity contribution < 1.29 is 26.4 Å². The van der Waals surface area contributed by atoms with E-state index in [2.05, 4.69) is 4.98 Å². The first kappa shape index (κ1) is 22.5. The third-order valence-electron chi connectivity index (χ3n) is 4.18. The van der Waals surface area contributed by atoms with Crippen molar-refractivity contribution >= 4 is 62.5 Å². The molecule has 14 heteroatoms. The van der Waals surface area contributed by atoms with Crippen LogP contribution < -0.4 is 4.72 Å². The summed E-state index contributed by atoms with van der Waals surface area (Å²) < 4.78 is 66.5. The number of nitrogens with zero attached hydrogens (tertiary/aromatic N) is 2. The summed E-state index contributed by atoms with van der Waals surface area (Å²) in [5.41, 5.74) is -0.606.